The molecular weight excluding hydrogens is 504 g/mol. The molecule has 5 nitrogen and oxygen atoms in total. The number of benzene rings is 1. The lowest BCUT2D eigenvalue weighted by Gasteiger charge is -2.60. The predicted molar refractivity (Wildman–Crippen MR) is 170 cm³/mol. The Kier molecular flexibility index (Phi) is 7.61. The number of aromatic nitrogens is 2. The average Bonchev–Trinajstić information content (AvgIpc) is 3.35. The Morgan fingerprint density at radius 2 is 1.73 bits per heavy atom. The van der Waals surface area contributed by atoms with E-state index in [1.165, 1.54) is 42.0 Å². The van der Waals surface area contributed by atoms with Crippen LogP contribution in [0.3, 0.4) is 0 Å². The average molecular weight is 551 g/mol. The Hall–Kier alpha value is -2.73. The first-order valence-electron chi connectivity index (χ1n) is 16.2. The van der Waals surface area contributed by atoms with Crippen molar-refractivity contribution in [1.82, 2.24) is 20.2 Å². The maximum Gasteiger partial charge on any atom is 0.103 e. The van der Waals surface area contributed by atoms with Crippen LogP contribution in [0, 0.1) is 11.3 Å². The van der Waals surface area contributed by atoms with Crippen LogP contribution in [-0.4, -0.2) is 57.8 Å². The van der Waals surface area contributed by atoms with Gasteiger partial charge in [0.15, 0.2) is 0 Å². The molecule has 216 valence electrons. The molecule has 3 N–H and O–H groups in total. The van der Waals surface area contributed by atoms with Crippen molar-refractivity contribution in [3.05, 3.63) is 72.6 Å². The van der Waals surface area contributed by atoms with E-state index in [0.717, 1.165) is 81.4 Å². The fourth-order valence-corrected chi connectivity index (χ4v) is 8.67. The highest BCUT2D eigenvalue weighted by Gasteiger charge is 2.58. The molecule has 0 saturated carbocycles. The Balaban J connectivity index is 1.44. The highest BCUT2D eigenvalue weighted by molar-refractivity contribution is 6.09. The monoisotopic (exact) mass is 550 g/mol. The largest absolute Gasteiger partial charge is 0.384 e. The number of aliphatic hydroxyl groups is 1. The number of aromatic amines is 1. The number of hydrogen-bond acceptors (Lipinski definition) is 4. The molecule has 0 radical (unpaired) electrons. The summed E-state index contributed by atoms with van der Waals surface area (Å²) in [4.78, 5) is 11.6. The molecule has 1 aromatic carbocycles. The van der Waals surface area contributed by atoms with E-state index in [0.29, 0.717) is 12.3 Å². The number of piperidine rings is 1. The lowest BCUT2D eigenvalue weighted by atomic mass is 9.53. The fraction of sp³-hybridized carbons (Fsp3) is 0.528. The molecule has 5 atom stereocenters. The number of H-pyrrole nitrogens is 1. The molecule has 3 bridgehead atoms. The smallest absolute Gasteiger partial charge is 0.103 e. The lowest BCUT2D eigenvalue weighted by molar-refractivity contribution is -0.0756. The number of para-hydroxylation sites is 1. The number of nitrogens with zero attached hydrogens (tertiary/aromatic N) is 2. The van der Waals surface area contributed by atoms with Gasteiger partial charge in [0.05, 0.1) is 11.2 Å². The molecule has 5 heteroatoms. The fourth-order valence-electron chi connectivity index (χ4n) is 8.67. The minimum atomic E-state index is -0.979. The van der Waals surface area contributed by atoms with Crippen molar-refractivity contribution in [2.45, 2.75) is 82.3 Å². The lowest BCUT2D eigenvalue weighted by Crippen LogP contribution is -2.68. The summed E-state index contributed by atoms with van der Waals surface area (Å²) in [5.74, 6) is 0.337. The second-order valence-corrected chi connectivity index (χ2v) is 13.1. The van der Waals surface area contributed by atoms with Crippen molar-refractivity contribution >= 4 is 27.4 Å². The Morgan fingerprint density at radius 1 is 0.878 bits per heavy atom. The molecule has 1 unspecified atom stereocenters. The van der Waals surface area contributed by atoms with Gasteiger partial charge in [0.25, 0.3) is 0 Å². The van der Waals surface area contributed by atoms with Crippen molar-refractivity contribution in [2.24, 2.45) is 11.3 Å². The topological polar surface area (TPSA) is 64.2 Å². The van der Waals surface area contributed by atoms with Crippen LogP contribution in [-0.2, 0) is 0 Å². The minimum absolute atomic E-state index is 0.00497. The van der Waals surface area contributed by atoms with Gasteiger partial charge in [-0.15, -0.1) is 0 Å². The van der Waals surface area contributed by atoms with E-state index in [1.54, 1.807) is 0 Å². The highest BCUT2D eigenvalue weighted by Crippen LogP contribution is 2.56. The number of rotatable bonds is 1. The zero-order valence-corrected chi connectivity index (χ0v) is 24.5. The van der Waals surface area contributed by atoms with E-state index in [4.69, 9.17) is 4.98 Å². The number of allylic oxidation sites excluding steroid dienone is 4. The van der Waals surface area contributed by atoms with Crippen LogP contribution in [0.5, 0.6) is 0 Å². The van der Waals surface area contributed by atoms with Crippen LogP contribution in [0.25, 0.3) is 27.4 Å². The molecule has 1 fully saturated rings. The second kappa shape index (κ2) is 11.5. The van der Waals surface area contributed by atoms with E-state index in [9.17, 15) is 5.11 Å². The molecule has 0 amide bonds. The van der Waals surface area contributed by atoms with Crippen LogP contribution < -0.4 is 5.32 Å². The third-order valence-corrected chi connectivity index (χ3v) is 10.5. The first-order valence-corrected chi connectivity index (χ1v) is 16.2. The van der Waals surface area contributed by atoms with Crippen molar-refractivity contribution in [1.29, 1.82) is 0 Å². The molecule has 4 aliphatic rings. The summed E-state index contributed by atoms with van der Waals surface area (Å²) in [6, 6.07) is 10.7. The number of fused-ring (bicyclic) bond motifs is 4. The van der Waals surface area contributed by atoms with Gasteiger partial charge >= 0.3 is 0 Å². The van der Waals surface area contributed by atoms with Gasteiger partial charge in [-0.2, -0.15) is 0 Å². The SMILES string of the molecule is O[C@@]12C=C(c3nccc4c3[nH]c3ccccc34)[C@@H]3CCN(CCCCCC=CC1)C[C@@]31CC/C=C\CCCCN[C@H]12. The Morgan fingerprint density at radius 3 is 2.68 bits per heavy atom. The van der Waals surface area contributed by atoms with E-state index in [-0.39, 0.29) is 11.5 Å². The van der Waals surface area contributed by atoms with E-state index in [2.05, 4.69) is 75.9 Å². The quantitative estimate of drug-likeness (QED) is 0.282. The number of pyridine rings is 1. The standard InChI is InChI=1S/C36H46N4O/c41-36-20-12-6-2-4-8-14-23-40-24-18-30(35(26-40)19-11-5-1-3-7-13-21-38-34(35)36)29(25-36)32-33-28(17-22-37-32)27-15-9-10-16-31(27)39-33/h1,5-6,9-10,12,15-17,22,25,30,34,38-39,41H,2-4,7-8,11,13-14,18-21,23-24,26H2/b5-1-,12-6?/t30-,34+,35-,36+/m0/s1. The molecule has 1 spiro atoms. The highest BCUT2D eigenvalue weighted by atomic mass is 16.3. The zero-order chi connectivity index (χ0) is 27.7. The summed E-state index contributed by atoms with van der Waals surface area (Å²) < 4.78 is 0. The normalized spacial score (nSPS) is 34.1. The molecule has 2 aromatic heterocycles. The van der Waals surface area contributed by atoms with Gasteiger partial charge in [0.2, 0.25) is 0 Å². The van der Waals surface area contributed by atoms with E-state index < -0.39 is 5.60 Å². The molecule has 3 aliphatic heterocycles. The third kappa shape index (κ3) is 5.00. The molecule has 1 saturated heterocycles. The van der Waals surface area contributed by atoms with Gasteiger partial charge in [0, 0.05) is 40.5 Å². The second-order valence-electron chi connectivity index (χ2n) is 13.1. The van der Waals surface area contributed by atoms with Gasteiger partial charge in [-0.1, -0.05) is 48.9 Å². The first-order chi connectivity index (χ1) is 20.2. The van der Waals surface area contributed by atoms with Crippen LogP contribution in [0.1, 0.15) is 76.3 Å². The van der Waals surface area contributed by atoms with Gasteiger partial charge in [0.1, 0.15) is 5.60 Å². The van der Waals surface area contributed by atoms with Crippen molar-refractivity contribution < 1.29 is 5.11 Å². The summed E-state index contributed by atoms with van der Waals surface area (Å²) in [6.45, 7) is 4.27. The van der Waals surface area contributed by atoms with Crippen molar-refractivity contribution in [2.75, 3.05) is 26.2 Å². The number of nitrogens with one attached hydrogen (secondary N) is 2. The molecule has 3 aromatic rings. The van der Waals surface area contributed by atoms with Crippen molar-refractivity contribution in [3.63, 3.8) is 0 Å². The van der Waals surface area contributed by atoms with Crippen molar-refractivity contribution in [3.8, 4) is 0 Å². The maximum atomic E-state index is 12.9. The molecule has 5 heterocycles. The molecule has 1 aliphatic carbocycles. The molecule has 41 heavy (non-hydrogen) atoms. The Labute approximate surface area is 244 Å². The Bertz CT molecular complexity index is 1470. The minimum Gasteiger partial charge on any atom is -0.384 e. The summed E-state index contributed by atoms with van der Waals surface area (Å²) in [7, 11) is 0. The van der Waals surface area contributed by atoms with Crippen LogP contribution >= 0.6 is 0 Å². The molecule has 7 rings (SSSR count). The van der Waals surface area contributed by atoms with Gasteiger partial charge in [-0.3, -0.25) is 4.98 Å². The van der Waals surface area contributed by atoms with E-state index >= 15 is 0 Å². The summed E-state index contributed by atoms with van der Waals surface area (Å²) >= 11 is 0. The van der Waals surface area contributed by atoms with E-state index in [1.807, 2.05) is 6.20 Å². The van der Waals surface area contributed by atoms with Crippen LogP contribution in [0.4, 0.5) is 0 Å². The van der Waals surface area contributed by atoms with Gasteiger partial charge in [-0.05, 0) is 114 Å². The summed E-state index contributed by atoms with van der Waals surface area (Å²) in [5.41, 5.74) is 3.48. The van der Waals surface area contributed by atoms with Crippen LogP contribution in [0.2, 0.25) is 0 Å². The van der Waals surface area contributed by atoms with Gasteiger partial charge in [-0.25, -0.2) is 0 Å². The zero-order valence-electron chi connectivity index (χ0n) is 24.5. The summed E-state index contributed by atoms with van der Waals surface area (Å²) in [6.07, 6.45) is 25.9. The third-order valence-electron chi connectivity index (χ3n) is 10.5. The van der Waals surface area contributed by atoms with Crippen LogP contribution in [0.15, 0.2) is 66.9 Å². The summed E-state index contributed by atoms with van der Waals surface area (Å²) in [5, 5.41) is 19.4. The number of hydrogen-bond donors (Lipinski definition) is 3. The maximum absolute atomic E-state index is 12.9. The predicted octanol–water partition coefficient (Wildman–Crippen LogP) is 7.15. The first kappa shape index (κ1) is 27.1. The van der Waals surface area contributed by atoms with Gasteiger partial charge < -0.3 is 20.3 Å². The molecular formula is C36H46N4O.